The van der Waals surface area contributed by atoms with Crippen molar-refractivity contribution in [2.75, 3.05) is 5.73 Å². The fourth-order valence-electron chi connectivity index (χ4n) is 2.28. The highest BCUT2D eigenvalue weighted by Crippen LogP contribution is 2.29. The number of ketones is 1. The zero-order chi connectivity index (χ0) is 18.4. The van der Waals surface area contributed by atoms with Gasteiger partial charge in [0.05, 0.1) is 5.69 Å². The van der Waals surface area contributed by atoms with Gasteiger partial charge < -0.3 is 10.2 Å². The number of hydrogen-bond donors (Lipinski definition) is 2. The first-order valence-corrected chi connectivity index (χ1v) is 8.63. The van der Waals surface area contributed by atoms with Crippen molar-refractivity contribution >= 4 is 32.6 Å². The number of anilines is 1. The van der Waals surface area contributed by atoms with Crippen LogP contribution in [0.3, 0.4) is 0 Å². The predicted octanol–water partition coefficient (Wildman–Crippen LogP) is 2.09. The van der Waals surface area contributed by atoms with E-state index in [2.05, 4.69) is 0 Å². The number of aryl methyl sites for hydroxylation is 1. The highest BCUT2D eigenvalue weighted by molar-refractivity contribution is 7.86. The molecule has 1 aromatic heterocycles. The standard InChI is InChI=1S/C16H19NO6S/c1-8-9-5-13(24(20,21)22)11(17)7-12(9)23-15(19)10(8)6-14(18)16(2,3)4/h5,7H,6,17H2,1-4H3,(H,20,21,22). The number of Topliss-reactive ketones (excluding diaryl/α,β-unsaturated/α-hetero) is 1. The highest BCUT2D eigenvalue weighted by atomic mass is 32.2. The van der Waals surface area contributed by atoms with Crippen molar-refractivity contribution in [1.29, 1.82) is 0 Å². The van der Waals surface area contributed by atoms with Crippen molar-refractivity contribution in [1.82, 2.24) is 0 Å². The normalized spacial score (nSPS) is 12.5. The SMILES string of the molecule is Cc1c(CC(=O)C(C)(C)C)c(=O)oc2cc(N)c(S(=O)(=O)O)cc12. The monoisotopic (exact) mass is 353 g/mol. The molecule has 8 heteroatoms. The molecule has 0 unspecified atom stereocenters. The molecule has 0 aliphatic carbocycles. The average molecular weight is 353 g/mol. The van der Waals surface area contributed by atoms with Crippen LogP contribution in [0.4, 0.5) is 5.69 Å². The van der Waals surface area contributed by atoms with Crippen molar-refractivity contribution < 1.29 is 22.2 Å². The summed E-state index contributed by atoms with van der Waals surface area (Å²) in [5.41, 5.74) is 4.74. The van der Waals surface area contributed by atoms with Gasteiger partial charge >= 0.3 is 5.63 Å². The fourth-order valence-corrected chi connectivity index (χ4v) is 2.91. The van der Waals surface area contributed by atoms with E-state index >= 15 is 0 Å². The summed E-state index contributed by atoms with van der Waals surface area (Å²) in [6.07, 6.45) is -0.126. The Kier molecular flexibility index (Phi) is 4.32. The third-order valence-corrected chi connectivity index (χ3v) is 4.78. The minimum absolute atomic E-state index is 0.0920. The molecule has 0 aliphatic heterocycles. The van der Waals surface area contributed by atoms with Gasteiger partial charge in [0.15, 0.2) is 0 Å². The number of carbonyl (C=O) groups excluding carboxylic acids is 1. The maximum Gasteiger partial charge on any atom is 0.340 e. The second-order valence-corrected chi connectivity index (χ2v) is 8.09. The fraction of sp³-hybridized carbons (Fsp3) is 0.375. The number of hydrogen-bond acceptors (Lipinski definition) is 6. The lowest BCUT2D eigenvalue weighted by Gasteiger charge is -2.17. The Labute approximate surface area is 139 Å². The maximum atomic E-state index is 12.2. The van der Waals surface area contributed by atoms with E-state index in [0.29, 0.717) is 10.9 Å². The molecule has 1 aromatic carbocycles. The minimum atomic E-state index is -4.52. The quantitative estimate of drug-likeness (QED) is 0.491. The Balaban J connectivity index is 2.74. The third-order valence-electron chi connectivity index (χ3n) is 3.87. The van der Waals surface area contributed by atoms with Crippen molar-refractivity contribution in [2.45, 2.75) is 39.0 Å². The number of nitrogen functional groups attached to an aromatic ring is 1. The molecule has 3 N–H and O–H groups in total. The van der Waals surface area contributed by atoms with Crippen LogP contribution in [-0.4, -0.2) is 18.8 Å². The first-order valence-electron chi connectivity index (χ1n) is 7.19. The summed E-state index contributed by atoms with van der Waals surface area (Å²) in [4.78, 5) is 23.9. The van der Waals surface area contributed by atoms with Gasteiger partial charge in [-0.25, -0.2) is 4.79 Å². The Morgan fingerprint density at radius 2 is 1.88 bits per heavy atom. The van der Waals surface area contributed by atoms with Crippen LogP contribution in [0, 0.1) is 12.3 Å². The van der Waals surface area contributed by atoms with Crippen molar-refractivity contribution in [2.24, 2.45) is 5.41 Å². The van der Waals surface area contributed by atoms with Crippen LogP contribution in [0.25, 0.3) is 11.0 Å². The number of carbonyl (C=O) groups is 1. The third kappa shape index (κ3) is 3.34. The summed E-state index contributed by atoms with van der Waals surface area (Å²) in [5, 5.41) is 0.299. The van der Waals surface area contributed by atoms with E-state index < -0.39 is 26.1 Å². The van der Waals surface area contributed by atoms with Crippen LogP contribution in [0.1, 0.15) is 31.9 Å². The molecule has 0 saturated heterocycles. The first-order chi connectivity index (χ1) is 10.8. The Morgan fingerprint density at radius 3 is 2.38 bits per heavy atom. The predicted molar refractivity (Wildman–Crippen MR) is 89.6 cm³/mol. The molecule has 0 spiro atoms. The van der Waals surface area contributed by atoms with Gasteiger partial charge in [0, 0.05) is 28.9 Å². The Morgan fingerprint density at radius 1 is 1.29 bits per heavy atom. The Hall–Kier alpha value is -2.19. The van der Waals surface area contributed by atoms with E-state index in [1.807, 2.05) is 0 Å². The first kappa shape index (κ1) is 18.2. The zero-order valence-corrected chi connectivity index (χ0v) is 14.7. The van der Waals surface area contributed by atoms with E-state index in [4.69, 9.17) is 10.2 Å². The molecular formula is C16H19NO6S. The molecule has 7 nitrogen and oxygen atoms in total. The van der Waals surface area contributed by atoms with Crippen LogP contribution in [-0.2, 0) is 21.3 Å². The number of nitrogens with two attached hydrogens (primary N) is 1. The lowest BCUT2D eigenvalue weighted by Crippen LogP contribution is -2.25. The summed E-state index contributed by atoms with van der Waals surface area (Å²) in [7, 11) is -4.52. The van der Waals surface area contributed by atoms with Gasteiger partial charge in [-0.15, -0.1) is 0 Å². The second kappa shape index (κ2) is 5.71. The van der Waals surface area contributed by atoms with Crippen LogP contribution < -0.4 is 11.4 Å². The Bertz CT molecular complexity index is 996. The lowest BCUT2D eigenvalue weighted by molar-refractivity contribution is -0.125. The van der Waals surface area contributed by atoms with Crippen molar-refractivity contribution in [3.8, 4) is 0 Å². The summed E-state index contributed by atoms with van der Waals surface area (Å²) in [5.74, 6) is -0.150. The molecule has 0 aliphatic rings. The number of rotatable bonds is 3. The smallest absolute Gasteiger partial charge is 0.340 e. The molecule has 1 heterocycles. The van der Waals surface area contributed by atoms with E-state index in [1.54, 1.807) is 27.7 Å². The molecule has 0 amide bonds. The van der Waals surface area contributed by atoms with Gasteiger partial charge in [-0.3, -0.25) is 9.35 Å². The average Bonchev–Trinajstić information content (AvgIpc) is 2.40. The summed E-state index contributed by atoms with van der Waals surface area (Å²) in [6, 6.07) is 2.31. The summed E-state index contributed by atoms with van der Waals surface area (Å²) < 4.78 is 37.2. The van der Waals surface area contributed by atoms with Crippen LogP contribution in [0.5, 0.6) is 0 Å². The van der Waals surface area contributed by atoms with Gasteiger partial charge in [0.1, 0.15) is 16.3 Å². The van der Waals surface area contributed by atoms with Gasteiger partial charge in [-0.2, -0.15) is 8.42 Å². The van der Waals surface area contributed by atoms with Crippen LogP contribution >= 0.6 is 0 Å². The van der Waals surface area contributed by atoms with Gasteiger partial charge in [0.25, 0.3) is 10.1 Å². The molecule has 0 atom stereocenters. The highest BCUT2D eigenvalue weighted by Gasteiger charge is 2.25. The van der Waals surface area contributed by atoms with Crippen molar-refractivity contribution in [3.63, 3.8) is 0 Å². The molecule has 130 valence electrons. The van der Waals surface area contributed by atoms with Gasteiger partial charge in [-0.1, -0.05) is 20.8 Å². The molecule has 24 heavy (non-hydrogen) atoms. The van der Waals surface area contributed by atoms with E-state index in [0.717, 1.165) is 6.07 Å². The molecule has 0 radical (unpaired) electrons. The number of fused-ring (bicyclic) bond motifs is 1. The van der Waals surface area contributed by atoms with E-state index in [-0.39, 0.29) is 29.0 Å². The topological polar surface area (TPSA) is 128 Å². The van der Waals surface area contributed by atoms with Crippen LogP contribution in [0.2, 0.25) is 0 Å². The van der Waals surface area contributed by atoms with E-state index in [1.165, 1.54) is 6.07 Å². The minimum Gasteiger partial charge on any atom is -0.422 e. The van der Waals surface area contributed by atoms with Gasteiger partial charge in [-0.05, 0) is 18.6 Å². The summed E-state index contributed by atoms with van der Waals surface area (Å²) in [6.45, 7) is 6.81. The molecule has 2 aromatic rings. The molecule has 0 bridgehead atoms. The summed E-state index contributed by atoms with van der Waals surface area (Å²) >= 11 is 0. The zero-order valence-electron chi connectivity index (χ0n) is 13.8. The van der Waals surface area contributed by atoms with E-state index in [9.17, 15) is 22.6 Å². The van der Waals surface area contributed by atoms with Crippen molar-refractivity contribution in [3.05, 3.63) is 33.7 Å². The maximum absolute atomic E-state index is 12.2. The second-order valence-electron chi connectivity index (χ2n) is 6.70. The lowest BCUT2D eigenvalue weighted by atomic mass is 9.86. The van der Waals surface area contributed by atoms with Crippen LogP contribution in [0.15, 0.2) is 26.2 Å². The number of benzene rings is 1. The van der Waals surface area contributed by atoms with Gasteiger partial charge in [0.2, 0.25) is 0 Å². The largest absolute Gasteiger partial charge is 0.422 e. The molecule has 0 fully saturated rings. The molecule has 2 rings (SSSR count). The molecular weight excluding hydrogens is 334 g/mol. The molecule has 0 saturated carbocycles.